The predicted molar refractivity (Wildman–Crippen MR) is 54.4 cm³/mol. The van der Waals surface area contributed by atoms with Crippen LogP contribution in [0.1, 0.15) is 19.8 Å². The van der Waals surface area contributed by atoms with Crippen molar-refractivity contribution in [1.29, 1.82) is 0 Å². The first-order valence-electron chi connectivity index (χ1n) is 4.55. The number of nitrogens with one attached hydrogen (secondary N) is 1. The number of hydrogen-bond acceptors (Lipinski definition) is 3. The van der Waals surface area contributed by atoms with Gasteiger partial charge in [-0.2, -0.15) is 0 Å². The molecule has 0 aliphatic heterocycles. The van der Waals surface area contributed by atoms with Gasteiger partial charge in [-0.25, -0.2) is 4.85 Å². The standard InChI is InChI=1S/C9H13N3O3/c1-3-5-11-9(13)7-8(12(14)15)4-6-10-2/h4,6,8H,3,5,7H2,1H3,(H,11,13). The van der Waals surface area contributed by atoms with Crippen molar-refractivity contribution < 1.29 is 9.72 Å². The van der Waals surface area contributed by atoms with Crippen molar-refractivity contribution in [2.75, 3.05) is 6.54 Å². The van der Waals surface area contributed by atoms with E-state index in [-0.39, 0.29) is 12.3 Å². The molecule has 0 spiro atoms. The Morgan fingerprint density at radius 3 is 2.87 bits per heavy atom. The maximum atomic E-state index is 11.2. The van der Waals surface area contributed by atoms with Crippen LogP contribution in [0.25, 0.3) is 4.85 Å². The lowest BCUT2D eigenvalue weighted by atomic mass is 10.2. The number of rotatable bonds is 6. The minimum absolute atomic E-state index is 0.223. The average Bonchev–Trinajstić information content (AvgIpc) is 2.20. The van der Waals surface area contributed by atoms with Crippen LogP contribution in [0, 0.1) is 16.7 Å². The molecule has 1 unspecified atom stereocenters. The predicted octanol–water partition coefficient (Wildman–Crippen LogP) is 0.981. The molecule has 1 N–H and O–H groups in total. The fourth-order valence-corrected chi connectivity index (χ4v) is 0.882. The first kappa shape index (κ1) is 13.1. The van der Waals surface area contributed by atoms with Crippen molar-refractivity contribution in [3.05, 3.63) is 33.8 Å². The molecule has 0 fully saturated rings. The monoisotopic (exact) mass is 211 g/mol. The van der Waals surface area contributed by atoms with Crippen LogP contribution >= 0.6 is 0 Å². The third-order valence-corrected chi connectivity index (χ3v) is 1.62. The Morgan fingerprint density at radius 1 is 1.73 bits per heavy atom. The smallest absolute Gasteiger partial charge is 0.230 e. The molecule has 1 amide bonds. The van der Waals surface area contributed by atoms with Crippen molar-refractivity contribution in [3.63, 3.8) is 0 Å². The molecule has 0 bridgehead atoms. The number of carbonyl (C=O) groups is 1. The second-order valence-corrected chi connectivity index (χ2v) is 2.88. The van der Waals surface area contributed by atoms with Gasteiger partial charge in [0.05, 0.1) is 13.0 Å². The lowest BCUT2D eigenvalue weighted by Gasteiger charge is -2.05. The van der Waals surface area contributed by atoms with Gasteiger partial charge in [0.15, 0.2) is 6.20 Å². The summed E-state index contributed by atoms with van der Waals surface area (Å²) in [6, 6.07) is -1.11. The molecule has 0 aliphatic rings. The Morgan fingerprint density at radius 2 is 2.40 bits per heavy atom. The van der Waals surface area contributed by atoms with Crippen LogP contribution in [0.5, 0.6) is 0 Å². The normalized spacial score (nSPS) is 12.0. The summed E-state index contributed by atoms with van der Waals surface area (Å²) in [6.07, 6.45) is 2.69. The van der Waals surface area contributed by atoms with E-state index in [2.05, 4.69) is 10.2 Å². The molecule has 0 aromatic heterocycles. The van der Waals surface area contributed by atoms with Gasteiger partial charge in [-0.05, 0) is 12.5 Å². The summed E-state index contributed by atoms with van der Waals surface area (Å²) >= 11 is 0. The van der Waals surface area contributed by atoms with Crippen molar-refractivity contribution in [3.8, 4) is 0 Å². The van der Waals surface area contributed by atoms with Crippen LogP contribution in [-0.4, -0.2) is 23.4 Å². The van der Waals surface area contributed by atoms with Crippen LogP contribution < -0.4 is 5.32 Å². The molecule has 0 aromatic rings. The molecular formula is C9H13N3O3. The van der Waals surface area contributed by atoms with Crippen molar-refractivity contribution in [2.45, 2.75) is 25.8 Å². The van der Waals surface area contributed by atoms with Crippen LogP contribution in [0.15, 0.2) is 12.3 Å². The van der Waals surface area contributed by atoms with Crippen molar-refractivity contribution in [1.82, 2.24) is 5.32 Å². The summed E-state index contributed by atoms with van der Waals surface area (Å²) in [6.45, 7) is 8.85. The minimum atomic E-state index is -1.11. The van der Waals surface area contributed by atoms with Gasteiger partial charge in [0.25, 0.3) is 0 Å². The highest BCUT2D eigenvalue weighted by atomic mass is 16.6. The summed E-state index contributed by atoms with van der Waals surface area (Å²) in [5, 5.41) is 13.0. The van der Waals surface area contributed by atoms with E-state index in [9.17, 15) is 14.9 Å². The molecule has 15 heavy (non-hydrogen) atoms. The first-order valence-corrected chi connectivity index (χ1v) is 4.55. The van der Waals surface area contributed by atoms with E-state index in [0.717, 1.165) is 18.7 Å². The van der Waals surface area contributed by atoms with Crippen molar-refractivity contribution in [2.24, 2.45) is 0 Å². The second-order valence-electron chi connectivity index (χ2n) is 2.88. The van der Waals surface area contributed by atoms with Gasteiger partial charge in [0.1, 0.15) is 0 Å². The van der Waals surface area contributed by atoms with Gasteiger partial charge in [0, 0.05) is 11.5 Å². The molecule has 1 atom stereocenters. The summed E-state index contributed by atoms with van der Waals surface area (Å²) < 4.78 is 0. The molecule has 0 aliphatic carbocycles. The Labute approximate surface area is 87.9 Å². The van der Waals surface area contributed by atoms with E-state index < -0.39 is 11.0 Å². The molecular weight excluding hydrogens is 198 g/mol. The van der Waals surface area contributed by atoms with Crippen LogP contribution in [0.3, 0.4) is 0 Å². The molecule has 0 saturated carbocycles. The zero-order valence-corrected chi connectivity index (χ0v) is 8.47. The highest BCUT2D eigenvalue weighted by Gasteiger charge is 2.19. The highest BCUT2D eigenvalue weighted by molar-refractivity contribution is 5.76. The Kier molecular flexibility index (Phi) is 6.55. The van der Waals surface area contributed by atoms with Crippen LogP contribution in [0.2, 0.25) is 0 Å². The third kappa shape index (κ3) is 6.21. The maximum Gasteiger partial charge on any atom is 0.230 e. The zero-order chi connectivity index (χ0) is 11.7. The summed E-state index contributed by atoms with van der Waals surface area (Å²) in [7, 11) is 0. The SMILES string of the molecule is [C-]#[N+]C=CC(CC(=O)NCCC)[N+](=O)[O-]. The molecule has 0 rings (SSSR count). The average molecular weight is 211 g/mol. The van der Waals surface area contributed by atoms with E-state index in [1.54, 1.807) is 0 Å². The lowest BCUT2D eigenvalue weighted by molar-refractivity contribution is -0.508. The fourth-order valence-electron chi connectivity index (χ4n) is 0.882. The lowest BCUT2D eigenvalue weighted by Crippen LogP contribution is -2.30. The molecule has 6 nitrogen and oxygen atoms in total. The molecule has 82 valence electrons. The van der Waals surface area contributed by atoms with Gasteiger partial charge >= 0.3 is 0 Å². The Hall–Kier alpha value is -1.90. The van der Waals surface area contributed by atoms with Crippen LogP contribution in [0.4, 0.5) is 0 Å². The molecule has 0 aromatic carbocycles. The van der Waals surface area contributed by atoms with E-state index in [0.29, 0.717) is 6.54 Å². The second kappa shape index (κ2) is 7.50. The third-order valence-electron chi connectivity index (χ3n) is 1.62. The Balaban J connectivity index is 4.18. The summed E-state index contributed by atoms with van der Waals surface area (Å²) in [5.41, 5.74) is 0. The van der Waals surface area contributed by atoms with Gasteiger partial charge < -0.3 is 5.32 Å². The molecule has 0 saturated heterocycles. The van der Waals surface area contributed by atoms with Gasteiger partial charge in [-0.15, -0.1) is 0 Å². The van der Waals surface area contributed by atoms with Gasteiger partial charge in [-0.1, -0.05) is 6.92 Å². The van der Waals surface area contributed by atoms with Gasteiger partial charge in [-0.3, -0.25) is 14.9 Å². The number of nitrogens with zero attached hydrogens (tertiary/aromatic N) is 2. The number of amides is 1. The first-order chi connectivity index (χ1) is 7.11. The van der Waals surface area contributed by atoms with Gasteiger partial charge in [0.2, 0.25) is 11.9 Å². The van der Waals surface area contributed by atoms with Crippen molar-refractivity contribution >= 4 is 5.91 Å². The Bertz CT molecular complexity index is 293. The number of hydrogen-bond donors (Lipinski definition) is 1. The maximum absolute atomic E-state index is 11.2. The summed E-state index contributed by atoms with van der Waals surface area (Å²) in [4.78, 5) is 23.9. The van der Waals surface area contributed by atoms with E-state index >= 15 is 0 Å². The topological polar surface area (TPSA) is 76.6 Å². The molecule has 0 radical (unpaired) electrons. The number of carbonyl (C=O) groups excluding carboxylic acids is 1. The largest absolute Gasteiger partial charge is 0.356 e. The zero-order valence-electron chi connectivity index (χ0n) is 8.47. The summed E-state index contributed by atoms with van der Waals surface area (Å²) in [5.74, 6) is -0.367. The van der Waals surface area contributed by atoms with E-state index in [1.165, 1.54) is 0 Å². The van der Waals surface area contributed by atoms with E-state index in [1.807, 2.05) is 6.92 Å². The minimum Gasteiger partial charge on any atom is -0.356 e. The molecule has 0 heterocycles. The molecule has 6 heteroatoms. The highest BCUT2D eigenvalue weighted by Crippen LogP contribution is 1.99. The number of nitro groups is 1. The fraction of sp³-hybridized carbons (Fsp3) is 0.556. The van der Waals surface area contributed by atoms with E-state index in [4.69, 9.17) is 6.57 Å². The van der Waals surface area contributed by atoms with Crippen LogP contribution in [-0.2, 0) is 4.79 Å². The quantitative estimate of drug-likeness (QED) is 0.404.